The van der Waals surface area contributed by atoms with E-state index in [1.54, 1.807) is 12.3 Å². The number of benzene rings is 1. The largest absolute Gasteiger partial charge is 0.512 e. The van der Waals surface area contributed by atoms with E-state index in [1.807, 2.05) is 30.3 Å². The molecule has 0 amide bonds. The number of allylic oxidation sites excluding steroid dienone is 2. The van der Waals surface area contributed by atoms with Gasteiger partial charge >= 0.3 is 0 Å². The van der Waals surface area contributed by atoms with Gasteiger partial charge in [0.1, 0.15) is 11.5 Å². The van der Waals surface area contributed by atoms with Crippen LogP contribution in [0, 0.1) is 0 Å². The molecule has 1 atom stereocenters. The minimum absolute atomic E-state index is 0.00379. The summed E-state index contributed by atoms with van der Waals surface area (Å²) in [7, 11) is 0. The smallest absolute Gasteiger partial charge is 0.163 e. The number of Topliss-reactive ketones (excluding diaryl/α,β-unsaturated/α-hetero) is 1. The molecule has 0 fully saturated rings. The molecule has 2 aromatic rings. The molecule has 1 heterocycles. The number of halogens is 1. The van der Waals surface area contributed by atoms with E-state index in [1.165, 1.54) is 0 Å². The van der Waals surface area contributed by atoms with Gasteiger partial charge in [0, 0.05) is 35.2 Å². The molecule has 21 heavy (non-hydrogen) atoms. The first-order chi connectivity index (χ1) is 10.1. The van der Waals surface area contributed by atoms with E-state index >= 15 is 0 Å². The highest BCUT2D eigenvalue weighted by atomic mass is 79.9. The molecule has 1 N–H and O–H groups in total. The van der Waals surface area contributed by atoms with Crippen LogP contribution in [0.5, 0.6) is 0 Å². The molecule has 1 aromatic heterocycles. The van der Waals surface area contributed by atoms with Crippen molar-refractivity contribution in [1.82, 2.24) is 0 Å². The van der Waals surface area contributed by atoms with Crippen LogP contribution in [0.25, 0.3) is 0 Å². The summed E-state index contributed by atoms with van der Waals surface area (Å²) in [5.74, 6) is 0.879. The highest BCUT2D eigenvalue weighted by molar-refractivity contribution is 9.10. The van der Waals surface area contributed by atoms with Gasteiger partial charge in [0.2, 0.25) is 0 Å². The molecule has 0 saturated carbocycles. The highest BCUT2D eigenvalue weighted by Crippen LogP contribution is 2.35. The lowest BCUT2D eigenvalue weighted by Crippen LogP contribution is -2.19. The van der Waals surface area contributed by atoms with Crippen molar-refractivity contribution in [3.8, 4) is 0 Å². The molecule has 4 heteroatoms. The van der Waals surface area contributed by atoms with Gasteiger partial charge in [-0.3, -0.25) is 4.79 Å². The van der Waals surface area contributed by atoms with Crippen LogP contribution >= 0.6 is 15.9 Å². The van der Waals surface area contributed by atoms with Crippen molar-refractivity contribution < 1.29 is 14.3 Å². The number of rotatable bonds is 3. The van der Waals surface area contributed by atoms with Gasteiger partial charge in [-0.25, -0.2) is 0 Å². The zero-order chi connectivity index (χ0) is 14.8. The van der Waals surface area contributed by atoms with Gasteiger partial charge in [-0.2, -0.15) is 0 Å². The zero-order valence-electron chi connectivity index (χ0n) is 11.4. The van der Waals surface area contributed by atoms with Gasteiger partial charge in [-0.1, -0.05) is 34.1 Å². The molecule has 1 aliphatic carbocycles. The monoisotopic (exact) mass is 346 g/mol. The summed E-state index contributed by atoms with van der Waals surface area (Å²) in [6.07, 6.45) is 2.89. The van der Waals surface area contributed by atoms with E-state index in [0.717, 1.165) is 15.8 Å². The molecule has 1 aromatic carbocycles. The van der Waals surface area contributed by atoms with Crippen LogP contribution in [0.3, 0.4) is 0 Å². The van der Waals surface area contributed by atoms with Crippen molar-refractivity contribution in [3.05, 3.63) is 69.8 Å². The average Bonchev–Trinajstić information content (AvgIpc) is 2.98. The van der Waals surface area contributed by atoms with Crippen LogP contribution in [0.15, 0.2) is 62.9 Å². The topological polar surface area (TPSA) is 50.4 Å². The standard InChI is InChI=1S/C17H15BrO3/c18-14-5-2-1-4-11(14)8-13-15(19)9-12(10-16(13)20)17-6-3-7-21-17/h1-7,12,19H,8-10H2. The fraction of sp³-hybridized carbons (Fsp3) is 0.235. The maximum atomic E-state index is 12.4. The molecular formula is C17H15BrO3. The molecule has 1 aliphatic rings. The Bertz CT molecular complexity index is 686. The molecule has 0 radical (unpaired) electrons. The van der Waals surface area contributed by atoms with Gasteiger partial charge in [0.25, 0.3) is 0 Å². The van der Waals surface area contributed by atoms with Crippen LogP contribution in [0.2, 0.25) is 0 Å². The highest BCUT2D eigenvalue weighted by Gasteiger charge is 2.30. The Kier molecular flexibility index (Phi) is 3.97. The van der Waals surface area contributed by atoms with Crippen LogP contribution in [-0.4, -0.2) is 10.9 Å². The average molecular weight is 347 g/mol. The minimum Gasteiger partial charge on any atom is -0.512 e. The maximum absolute atomic E-state index is 12.4. The van der Waals surface area contributed by atoms with Crippen LogP contribution in [-0.2, 0) is 11.2 Å². The van der Waals surface area contributed by atoms with Gasteiger partial charge in [0.15, 0.2) is 5.78 Å². The third-order valence-corrected chi connectivity index (χ3v) is 4.60. The lowest BCUT2D eigenvalue weighted by molar-refractivity contribution is -0.116. The third-order valence-electron chi connectivity index (χ3n) is 3.83. The molecule has 108 valence electrons. The second-order valence-corrected chi connectivity index (χ2v) is 6.09. The minimum atomic E-state index is -0.0598. The summed E-state index contributed by atoms with van der Waals surface area (Å²) in [6, 6.07) is 11.4. The summed E-state index contributed by atoms with van der Waals surface area (Å²) in [5, 5.41) is 10.3. The Hall–Kier alpha value is -1.81. The Morgan fingerprint density at radius 3 is 2.67 bits per heavy atom. The van der Waals surface area contributed by atoms with Crippen molar-refractivity contribution in [2.45, 2.75) is 25.2 Å². The molecule has 0 aliphatic heterocycles. The Balaban J connectivity index is 1.84. The van der Waals surface area contributed by atoms with Crippen molar-refractivity contribution >= 4 is 21.7 Å². The SMILES string of the molecule is O=C1CC(c2ccco2)CC(O)=C1Cc1ccccc1Br. The molecule has 3 nitrogen and oxygen atoms in total. The molecule has 0 bridgehead atoms. The Morgan fingerprint density at radius 1 is 1.19 bits per heavy atom. The van der Waals surface area contributed by atoms with Crippen molar-refractivity contribution in [2.75, 3.05) is 0 Å². The van der Waals surface area contributed by atoms with Crippen molar-refractivity contribution in [1.29, 1.82) is 0 Å². The van der Waals surface area contributed by atoms with Crippen LogP contribution in [0.4, 0.5) is 0 Å². The van der Waals surface area contributed by atoms with Gasteiger partial charge in [-0.05, 0) is 23.8 Å². The van der Waals surface area contributed by atoms with Gasteiger partial charge in [0.05, 0.1) is 6.26 Å². The van der Waals surface area contributed by atoms with E-state index in [2.05, 4.69) is 15.9 Å². The van der Waals surface area contributed by atoms with Crippen molar-refractivity contribution in [3.63, 3.8) is 0 Å². The maximum Gasteiger partial charge on any atom is 0.163 e. The second kappa shape index (κ2) is 5.90. The van der Waals surface area contributed by atoms with E-state index in [0.29, 0.717) is 24.8 Å². The summed E-state index contributed by atoms with van der Waals surface area (Å²) in [4.78, 5) is 12.4. The predicted octanol–water partition coefficient (Wildman–Crippen LogP) is 4.54. The van der Waals surface area contributed by atoms with E-state index in [9.17, 15) is 9.90 Å². The fourth-order valence-corrected chi connectivity index (χ4v) is 3.12. The van der Waals surface area contributed by atoms with E-state index in [-0.39, 0.29) is 17.5 Å². The van der Waals surface area contributed by atoms with Gasteiger partial charge < -0.3 is 9.52 Å². The van der Waals surface area contributed by atoms with E-state index in [4.69, 9.17) is 4.42 Å². The summed E-state index contributed by atoms with van der Waals surface area (Å²) in [5.41, 5.74) is 1.52. The second-order valence-electron chi connectivity index (χ2n) is 5.24. The number of hydrogen-bond donors (Lipinski definition) is 1. The number of furan rings is 1. The lowest BCUT2D eigenvalue weighted by atomic mass is 9.83. The predicted molar refractivity (Wildman–Crippen MR) is 83.2 cm³/mol. The number of ketones is 1. The van der Waals surface area contributed by atoms with Crippen molar-refractivity contribution in [2.24, 2.45) is 0 Å². The summed E-state index contributed by atoms with van der Waals surface area (Å²) < 4.78 is 6.30. The molecular weight excluding hydrogens is 332 g/mol. The quantitative estimate of drug-likeness (QED) is 0.887. The number of hydrogen-bond acceptors (Lipinski definition) is 3. The lowest BCUT2D eigenvalue weighted by Gasteiger charge is -2.22. The number of aliphatic hydroxyl groups excluding tert-OH is 1. The molecule has 0 saturated heterocycles. The molecule has 3 rings (SSSR count). The summed E-state index contributed by atoms with van der Waals surface area (Å²) >= 11 is 3.48. The van der Waals surface area contributed by atoms with Gasteiger partial charge in [-0.15, -0.1) is 0 Å². The summed E-state index contributed by atoms with van der Waals surface area (Å²) in [6.45, 7) is 0. The van der Waals surface area contributed by atoms with Crippen LogP contribution < -0.4 is 0 Å². The Morgan fingerprint density at radius 2 is 2.00 bits per heavy atom. The fourth-order valence-electron chi connectivity index (χ4n) is 2.69. The number of aliphatic hydroxyl groups is 1. The first-order valence-electron chi connectivity index (χ1n) is 6.86. The first kappa shape index (κ1) is 14.1. The first-order valence-corrected chi connectivity index (χ1v) is 7.65. The number of carbonyl (C=O) groups excluding carboxylic acids is 1. The molecule has 0 spiro atoms. The zero-order valence-corrected chi connectivity index (χ0v) is 13.0. The molecule has 1 unspecified atom stereocenters. The number of carbonyl (C=O) groups is 1. The third kappa shape index (κ3) is 2.95. The normalized spacial score (nSPS) is 19.1. The van der Waals surface area contributed by atoms with E-state index < -0.39 is 0 Å². The Labute approximate surface area is 131 Å². The van der Waals surface area contributed by atoms with Crippen LogP contribution in [0.1, 0.15) is 30.1 Å².